The summed E-state index contributed by atoms with van der Waals surface area (Å²) >= 11 is 0. The Morgan fingerprint density at radius 2 is 1.52 bits per heavy atom. The molecule has 2 N–H and O–H groups in total. The topological polar surface area (TPSA) is 139 Å². The molecule has 0 spiro atoms. The van der Waals surface area contributed by atoms with Gasteiger partial charge in [-0.15, -0.1) is 0 Å². The fraction of sp³-hybridized carbons (Fsp3) is 1.00. The van der Waals surface area contributed by atoms with Crippen LogP contribution in [0.25, 0.3) is 0 Å². The summed E-state index contributed by atoms with van der Waals surface area (Å²) in [6.07, 6.45) is -5.64. The second kappa shape index (κ2) is 9.72. The molecule has 190 valence electrons. The van der Waals surface area contributed by atoms with Gasteiger partial charge in [0.15, 0.2) is 8.32 Å². The van der Waals surface area contributed by atoms with Gasteiger partial charge in [0.05, 0.1) is 31.3 Å². The Bertz CT molecular complexity index is 812. The lowest BCUT2D eigenvalue weighted by Gasteiger charge is -2.40. The SMILES string of the molecule is B[C@@H]1O[C@@H]2COP(C)(=O)OC3[C@@H](COP(=O)(O)OC2[C@@H]1O)O[C@@H](B)[C@H]3O[Si](C)(C)C(C)(C)C. The first-order valence-electron chi connectivity index (χ1n) is 11.2. The number of hydrogen-bond acceptors (Lipinski definition) is 10. The zero-order valence-electron chi connectivity index (χ0n) is 20.5. The van der Waals surface area contributed by atoms with E-state index in [9.17, 15) is 19.1 Å². The number of aliphatic hydroxyl groups excluding tert-OH is 1. The number of aliphatic hydroxyl groups is 1. The number of ether oxygens (including phenoxy) is 2. The van der Waals surface area contributed by atoms with Gasteiger partial charge in [-0.2, -0.15) is 0 Å². The van der Waals surface area contributed by atoms with E-state index in [-0.39, 0.29) is 18.3 Å². The Labute approximate surface area is 198 Å². The summed E-state index contributed by atoms with van der Waals surface area (Å²) in [5.74, 6) is 0. The van der Waals surface area contributed by atoms with Gasteiger partial charge in [0, 0.05) is 6.66 Å². The van der Waals surface area contributed by atoms with Crippen LogP contribution in [0.2, 0.25) is 18.1 Å². The Balaban J connectivity index is 1.88. The van der Waals surface area contributed by atoms with Crippen LogP contribution in [0.1, 0.15) is 20.8 Å². The average molecular weight is 528 g/mol. The molecule has 3 rings (SSSR count). The Morgan fingerprint density at radius 1 is 0.970 bits per heavy atom. The minimum atomic E-state index is -4.59. The minimum Gasteiger partial charge on any atom is -0.409 e. The molecule has 3 aliphatic rings. The molecule has 33 heavy (non-hydrogen) atoms. The van der Waals surface area contributed by atoms with Crippen LogP contribution in [0.15, 0.2) is 0 Å². The number of rotatable bonds is 2. The third-order valence-electron chi connectivity index (χ3n) is 6.80. The monoisotopic (exact) mass is 528 g/mol. The molecule has 0 aromatic carbocycles. The van der Waals surface area contributed by atoms with E-state index in [1.165, 1.54) is 6.66 Å². The molecule has 3 saturated heterocycles. The van der Waals surface area contributed by atoms with E-state index >= 15 is 0 Å². The molecule has 0 bridgehead atoms. The maximum Gasteiger partial charge on any atom is 0.472 e. The van der Waals surface area contributed by atoms with Crippen molar-refractivity contribution in [3.05, 3.63) is 0 Å². The third-order valence-corrected chi connectivity index (χ3v) is 13.5. The smallest absolute Gasteiger partial charge is 0.409 e. The Kier molecular flexibility index (Phi) is 8.26. The molecule has 0 aromatic rings. The maximum absolute atomic E-state index is 13.3. The second-order valence-electron chi connectivity index (χ2n) is 10.6. The fourth-order valence-corrected chi connectivity index (χ4v) is 7.35. The van der Waals surface area contributed by atoms with Crippen LogP contribution in [0.4, 0.5) is 0 Å². The van der Waals surface area contributed by atoms with Gasteiger partial charge in [-0.05, 0) is 18.1 Å². The lowest BCUT2D eigenvalue weighted by Crippen LogP contribution is -2.50. The first-order valence-corrected chi connectivity index (χ1v) is 17.5. The molecule has 0 amide bonds. The highest BCUT2D eigenvalue weighted by Gasteiger charge is 2.53. The van der Waals surface area contributed by atoms with Gasteiger partial charge >= 0.3 is 15.4 Å². The third kappa shape index (κ3) is 6.42. The van der Waals surface area contributed by atoms with E-state index in [1.807, 2.05) is 0 Å². The van der Waals surface area contributed by atoms with Gasteiger partial charge in [0.1, 0.15) is 46.2 Å². The van der Waals surface area contributed by atoms with Crippen LogP contribution < -0.4 is 0 Å². The van der Waals surface area contributed by atoms with E-state index in [4.69, 9.17) is 32.0 Å². The van der Waals surface area contributed by atoms with Gasteiger partial charge in [0.25, 0.3) is 0 Å². The molecule has 0 saturated carbocycles. The van der Waals surface area contributed by atoms with Crippen LogP contribution in [-0.4, -0.2) is 103 Å². The first kappa shape index (κ1) is 28.0. The van der Waals surface area contributed by atoms with Crippen LogP contribution in [0, 0.1) is 0 Å². The van der Waals surface area contributed by atoms with Crippen molar-refractivity contribution in [3.8, 4) is 0 Å². The quantitative estimate of drug-likeness (QED) is 0.375. The predicted molar refractivity (Wildman–Crippen MR) is 127 cm³/mol. The van der Waals surface area contributed by atoms with Crippen molar-refractivity contribution in [3.63, 3.8) is 0 Å². The van der Waals surface area contributed by atoms with E-state index in [2.05, 4.69) is 33.9 Å². The molecule has 4 unspecified atom stereocenters. The summed E-state index contributed by atoms with van der Waals surface area (Å²) in [4.78, 5) is 10.3. The van der Waals surface area contributed by atoms with Gasteiger partial charge in [-0.3, -0.25) is 18.1 Å². The van der Waals surface area contributed by atoms with Crippen molar-refractivity contribution < 1.29 is 51.1 Å². The molecule has 0 radical (unpaired) electrons. The van der Waals surface area contributed by atoms with Gasteiger partial charge < -0.3 is 28.4 Å². The predicted octanol–water partition coefficient (Wildman–Crippen LogP) is 0.194. The fourth-order valence-electron chi connectivity index (χ4n) is 3.85. The van der Waals surface area contributed by atoms with E-state index in [0.29, 0.717) is 0 Å². The molecule has 0 aromatic heterocycles. The molecule has 0 aliphatic carbocycles. The Morgan fingerprint density at radius 3 is 2.12 bits per heavy atom. The van der Waals surface area contributed by atoms with Crippen molar-refractivity contribution in [2.45, 2.75) is 87.5 Å². The highest BCUT2D eigenvalue weighted by atomic mass is 31.2. The van der Waals surface area contributed by atoms with Gasteiger partial charge in [-0.25, -0.2) is 4.57 Å². The molecule has 11 nitrogen and oxygen atoms in total. The standard InChI is InChI=1S/C17H36B2O11P2Si/c1-17(2,3)33(5,6)30-14-13-10(27-16(14)19)8-25-32(22,23)29-12-9(26-15(18)11(12)20)7-24-31(4,21)28-13/h9-16,20H,7-8,18-19H2,1-6H3,(H,22,23)/t9-,10-,11+,12?,13?,14+,15-,16-,31?/m1/s1. The van der Waals surface area contributed by atoms with E-state index in [1.54, 1.807) is 15.7 Å². The molecular formula is C17H36B2O11P2Si. The van der Waals surface area contributed by atoms with Crippen molar-refractivity contribution in [2.24, 2.45) is 0 Å². The molecule has 3 heterocycles. The maximum atomic E-state index is 13.3. The van der Waals surface area contributed by atoms with Crippen molar-refractivity contribution in [1.29, 1.82) is 0 Å². The van der Waals surface area contributed by atoms with E-state index < -0.39 is 72.4 Å². The molecular weight excluding hydrogens is 492 g/mol. The number of hydrogen-bond donors (Lipinski definition) is 2. The number of fused-ring (bicyclic) bond motifs is 2. The normalized spacial score (nSPS) is 47.9. The molecule has 10 atom stereocenters. The van der Waals surface area contributed by atoms with Crippen LogP contribution in [-0.2, 0) is 41.1 Å². The number of phosphoric acid groups is 1. The lowest BCUT2D eigenvalue weighted by atomic mass is 9.93. The Hall–Kier alpha value is 0.447. The summed E-state index contributed by atoms with van der Waals surface area (Å²) < 4.78 is 66.0. The molecule has 16 heteroatoms. The zero-order valence-corrected chi connectivity index (χ0v) is 23.3. The summed E-state index contributed by atoms with van der Waals surface area (Å²) in [5, 5.41) is 10.2. The summed E-state index contributed by atoms with van der Waals surface area (Å²) in [6.45, 7) is 11.2. The highest BCUT2D eigenvalue weighted by molar-refractivity contribution is 7.53. The van der Waals surface area contributed by atoms with Crippen molar-refractivity contribution in [2.75, 3.05) is 19.9 Å². The summed E-state index contributed by atoms with van der Waals surface area (Å²) in [7, 11) is -7.12. The van der Waals surface area contributed by atoms with Gasteiger partial charge in [0.2, 0.25) is 0 Å². The highest BCUT2D eigenvalue weighted by Crippen LogP contribution is 2.53. The van der Waals surface area contributed by atoms with Gasteiger partial charge in [-0.1, -0.05) is 20.8 Å². The minimum absolute atomic E-state index is 0.0971. The first-order chi connectivity index (χ1) is 14.9. The molecule has 3 aliphatic heterocycles. The van der Waals surface area contributed by atoms with Crippen molar-refractivity contribution >= 4 is 39.4 Å². The second-order valence-corrected chi connectivity index (χ2v) is 18.7. The largest absolute Gasteiger partial charge is 0.472 e. The van der Waals surface area contributed by atoms with Crippen LogP contribution >= 0.6 is 15.4 Å². The van der Waals surface area contributed by atoms with E-state index in [0.717, 1.165) is 0 Å². The zero-order chi connectivity index (χ0) is 25.0. The summed E-state index contributed by atoms with van der Waals surface area (Å²) in [6, 6.07) is -1.14. The summed E-state index contributed by atoms with van der Waals surface area (Å²) in [5.41, 5.74) is 0. The molecule has 3 fully saturated rings. The van der Waals surface area contributed by atoms with Crippen LogP contribution in [0.3, 0.4) is 0 Å². The lowest BCUT2D eigenvalue weighted by molar-refractivity contribution is -0.0407. The average Bonchev–Trinajstić information content (AvgIpc) is 3.07. The van der Waals surface area contributed by atoms with Crippen LogP contribution in [0.5, 0.6) is 0 Å². The number of phosphoric ester groups is 1. The van der Waals surface area contributed by atoms with Crippen molar-refractivity contribution in [1.82, 2.24) is 0 Å².